The summed E-state index contributed by atoms with van der Waals surface area (Å²) in [6, 6.07) is 0.508. The van der Waals surface area contributed by atoms with Gasteiger partial charge in [-0.3, -0.25) is 9.48 Å². The van der Waals surface area contributed by atoms with Crippen molar-refractivity contribution in [2.75, 3.05) is 19.6 Å². The zero-order valence-electron chi connectivity index (χ0n) is 16.0. The summed E-state index contributed by atoms with van der Waals surface area (Å²) in [5, 5.41) is 4.63. The van der Waals surface area contributed by atoms with Crippen LogP contribution in [0.2, 0.25) is 0 Å². The maximum absolute atomic E-state index is 11.7. The number of aromatic nitrogens is 2. The number of unbranched alkanes of at least 4 members (excludes halogenated alkanes) is 1. The van der Waals surface area contributed by atoms with Gasteiger partial charge in [-0.1, -0.05) is 27.7 Å². The molecule has 136 valence electrons. The van der Waals surface area contributed by atoms with Gasteiger partial charge >= 0.3 is 0 Å². The van der Waals surface area contributed by atoms with Crippen LogP contribution in [0.3, 0.4) is 0 Å². The molecule has 2 unspecified atom stereocenters. The summed E-state index contributed by atoms with van der Waals surface area (Å²) in [5.41, 5.74) is 1.36. The number of Topliss-reactive ketones (excluding diaryl/α,β-unsaturated/α-hetero) is 1. The summed E-state index contributed by atoms with van der Waals surface area (Å²) in [7, 11) is 0. The van der Waals surface area contributed by atoms with Crippen LogP contribution in [0.25, 0.3) is 0 Å². The van der Waals surface area contributed by atoms with Crippen molar-refractivity contribution in [3.63, 3.8) is 0 Å². The van der Waals surface area contributed by atoms with Crippen LogP contribution in [-0.4, -0.2) is 40.1 Å². The van der Waals surface area contributed by atoms with Crippen molar-refractivity contribution in [3.05, 3.63) is 18.0 Å². The summed E-state index contributed by atoms with van der Waals surface area (Å²) in [6.45, 7) is 11.9. The Morgan fingerprint density at radius 3 is 2.83 bits per heavy atom. The molecule has 1 aromatic heterocycles. The number of nitrogens with zero attached hydrogens (tertiary/aromatic N) is 3. The van der Waals surface area contributed by atoms with Gasteiger partial charge in [0.1, 0.15) is 5.78 Å². The van der Waals surface area contributed by atoms with Crippen molar-refractivity contribution in [3.8, 4) is 0 Å². The van der Waals surface area contributed by atoms with E-state index in [1.807, 2.05) is 20.0 Å². The van der Waals surface area contributed by atoms with Gasteiger partial charge in [-0.25, -0.2) is 0 Å². The van der Waals surface area contributed by atoms with Crippen LogP contribution in [0.5, 0.6) is 0 Å². The van der Waals surface area contributed by atoms with Gasteiger partial charge in [-0.05, 0) is 56.7 Å². The highest BCUT2D eigenvalue weighted by Crippen LogP contribution is 2.24. The average Bonchev–Trinajstić information content (AvgIpc) is 3.08. The number of carbonyl (C=O) groups excluding carboxylic acids is 1. The fourth-order valence-electron chi connectivity index (χ4n) is 3.42. The van der Waals surface area contributed by atoms with E-state index in [1.165, 1.54) is 24.9 Å². The zero-order valence-corrected chi connectivity index (χ0v) is 16.0. The summed E-state index contributed by atoms with van der Waals surface area (Å²) in [5.74, 6) is 1.18. The van der Waals surface area contributed by atoms with Crippen molar-refractivity contribution < 1.29 is 4.79 Å². The second-order valence-electron chi connectivity index (χ2n) is 7.74. The molecule has 24 heavy (non-hydrogen) atoms. The Hall–Kier alpha value is -1.16. The van der Waals surface area contributed by atoms with Crippen LogP contribution < -0.4 is 0 Å². The number of hydrogen-bond donors (Lipinski definition) is 0. The van der Waals surface area contributed by atoms with Gasteiger partial charge in [0.2, 0.25) is 0 Å². The maximum atomic E-state index is 11.7. The number of piperidine rings is 1. The molecule has 2 heterocycles. The second kappa shape index (κ2) is 9.36. The highest BCUT2D eigenvalue weighted by atomic mass is 16.1. The van der Waals surface area contributed by atoms with Crippen molar-refractivity contribution in [2.24, 2.45) is 5.92 Å². The predicted molar refractivity (Wildman–Crippen MR) is 99.3 cm³/mol. The molecule has 0 N–H and O–H groups in total. The molecule has 0 saturated carbocycles. The lowest BCUT2D eigenvalue weighted by Gasteiger charge is -2.32. The molecule has 4 heteroatoms. The number of ketones is 1. The lowest BCUT2D eigenvalue weighted by molar-refractivity contribution is -0.122. The zero-order chi connectivity index (χ0) is 17.5. The van der Waals surface area contributed by atoms with Gasteiger partial charge in [0.25, 0.3) is 0 Å². The van der Waals surface area contributed by atoms with Gasteiger partial charge in [-0.15, -0.1) is 0 Å². The van der Waals surface area contributed by atoms with Crippen molar-refractivity contribution in [1.82, 2.24) is 14.7 Å². The molecule has 0 amide bonds. The summed E-state index contributed by atoms with van der Waals surface area (Å²) in [4.78, 5) is 14.2. The number of hydrogen-bond acceptors (Lipinski definition) is 3. The molecule has 0 bridgehead atoms. The van der Waals surface area contributed by atoms with E-state index in [-0.39, 0.29) is 5.92 Å². The van der Waals surface area contributed by atoms with Crippen LogP contribution in [0.4, 0.5) is 0 Å². The Morgan fingerprint density at radius 2 is 2.12 bits per heavy atom. The minimum Gasteiger partial charge on any atom is -0.301 e. The fourth-order valence-corrected chi connectivity index (χ4v) is 3.42. The Labute approximate surface area is 147 Å². The molecule has 2 atom stereocenters. The third-order valence-corrected chi connectivity index (χ3v) is 5.45. The molecule has 4 nitrogen and oxygen atoms in total. The molecule has 1 aliphatic rings. The largest absolute Gasteiger partial charge is 0.301 e. The molecule has 0 aliphatic carbocycles. The van der Waals surface area contributed by atoms with E-state index in [1.54, 1.807) is 0 Å². The molecule has 1 aromatic rings. The van der Waals surface area contributed by atoms with E-state index in [4.69, 9.17) is 0 Å². The number of likely N-dealkylation sites (tertiary alicyclic amines) is 1. The monoisotopic (exact) mass is 333 g/mol. The molecular weight excluding hydrogens is 298 g/mol. The van der Waals surface area contributed by atoms with Crippen LogP contribution in [0.1, 0.15) is 83.7 Å². The van der Waals surface area contributed by atoms with E-state index in [0.717, 1.165) is 38.8 Å². The second-order valence-corrected chi connectivity index (χ2v) is 7.74. The molecule has 0 aromatic carbocycles. The third kappa shape index (κ3) is 5.44. The number of rotatable bonds is 9. The van der Waals surface area contributed by atoms with E-state index < -0.39 is 0 Å². The smallest absolute Gasteiger partial charge is 0.135 e. The first-order valence-electron chi connectivity index (χ1n) is 9.80. The van der Waals surface area contributed by atoms with Crippen LogP contribution in [0.15, 0.2) is 12.4 Å². The predicted octanol–water partition coefficient (Wildman–Crippen LogP) is 4.43. The average molecular weight is 334 g/mol. The SMILES string of the molecule is CCC(C)c1cnn(C2CCCN(CCCCC(=O)C(C)C)C2)c1. The molecule has 2 rings (SSSR count). The molecular formula is C20H35N3O. The van der Waals surface area contributed by atoms with Crippen LogP contribution in [0, 0.1) is 5.92 Å². The first kappa shape index (κ1) is 19.2. The highest BCUT2D eigenvalue weighted by Gasteiger charge is 2.22. The van der Waals surface area contributed by atoms with Gasteiger partial charge in [0, 0.05) is 25.1 Å². The fraction of sp³-hybridized carbons (Fsp3) is 0.800. The number of carbonyl (C=O) groups is 1. The van der Waals surface area contributed by atoms with E-state index in [2.05, 4.69) is 34.7 Å². The summed E-state index contributed by atoms with van der Waals surface area (Å²) < 4.78 is 2.19. The Bertz CT molecular complexity index is 509. The van der Waals surface area contributed by atoms with Crippen LogP contribution in [-0.2, 0) is 4.79 Å². The normalized spacial score (nSPS) is 20.5. The highest BCUT2D eigenvalue weighted by molar-refractivity contribution is 5.80. The Morgan fingerprint density at radius 1 is 1.33 bits per heavy atom. The molecule has 1 fully saturated rings. The Kier molecular flexibility index (Phi) is 7.47. The standard InChI is InChI=1S/C20H35N3O/c1-5-17(4)18-13-21-23(14-18)19-9-8-12-22(15-19)11-7-6-10-20(24)16(2)3/h13-14,16-17,19H,5-12,15H2,1-4H3. The minimum atomic E-state index is 0.184. The first-order valence-corrected chi connectivity index (χ1v) is 9.80. The van der Waals surface area contributed by atoms with Crippen LogP contribution >= 0.6 is 0 Å². The quantitative estimate of drug-likeness (QED) is 0.628. The van der Waals surface area contributed by atoms with E-state index in [9.17, 15) is 4.79 Å². The van der Waals surface area contributed by atoms with Gasteiger partial charge in [0.15, 0.2) is 0 Å². The molecule has 1 aliphatic heterocycles. The molecule has 0 spiro atoms. The van der Waals surface area contributed by atoms with E-state index in [0.29, 0.717) is 17.7 Å². The minimum absolute atomic E-state index is 0.184. The van der Waals surface area contributed by atoms with Gasteiger partial charge in [0.05, 0.1) is 12.2 Å². The molecule has 1 saturated heterocycles. The van der Waals surface area contributed by atoms with E-state index >= 15 is 0 Å². The summed E-state index contributed by atoms with van der Waals surface area (Å²) in [6.07, 6.45) is 10.8. The van der Waals surface area contributed by atoms with Crippen molar-refractivity contribution in [2.45, 2.75) is 78.2 Å². The third-order valence-electron chi connectivity index (χ3n) is 5.45. The van der Waals surface area contributed by atoms with Crippen molar-refractivity contribution >= 4 is 5.78 Å². The topological polar surface area (TPSA) is 38.1 Å². The molecule has 0 radical (unpaired) electrons. The van der Waals surface area contributed by atoms with Crippen molar-refractivity contribution in [1.29, 1.82) is 0 Å². The lowest BCUT2D eigenvalue weighted by Crippen LogP contribution is -2.37. The maximum Gasteiger partial charge on any atom is 0.135 e. The first-order chi connectivity index (χ1) is 11.5. The van der Waals surface area contributed by atoms with Gasteiger partial charge in [-0.2, -0.15) is 5.10 Å². The van der Waals surface area contributed by atoms with Gasteiger partial charge < -0.3 is 4.90 Å². The summed E-state index contributed by atoms with van der Waals surface area (Å²) >= 11 is 0. The Balaban J connectivity index is 1.77. The lowest BCUT2D eigenvalue weighted by atomic mass is 10.0.